The molecular weight excluding hydrogens is 312 g/mol. The predicted molar refractivity (Wildman–Crippen MR) is 96.3 cm³/mol. The Labute approximate surface area is 144 Å². The van der Waals surface area contributed by atoms with Crippen LogP contribution in [-0.2, 0) is 0 Å². The number of hydrogen-bond acceptors (Lipinski definition) is 4. The van der Waals surface area contributed by atoms with Gasteiger partial charge in [-0.1, -0.05) is 24.3 Å². The fraction of sp³-hybridized carbons (Fsp3) is 0. The average Bonchev–Trinajstić information content (AvgIpc) is 2.70. The summed E-state index contributed by atoms with van der Waals surface area (Å²) in [6.45, 7) is 0. The van der Waals surface area contributed by atoms with Crippen LogP contribution in [0.5, 0.6) is 0 Å². The van der Waals surface area contributed by atoms with Gasteiger partial charge in [0.25, 0.3) is 5.56 Å². The molecule has 0 atom stereocenters. The highest BCUT2D eigenvalue weighted by molar-refractivity contribution is 5.70. The first-order chi connectivity index (χ1) is 12.3. The lowest BCUT2D eigenvalue weighted by molar-refractivity contribution is 0.987. The summed E-state index contributed by atoms with van der Waals surface area (Å²) in [7, 11) is 0. The number of para-hydroxylation sites is 1. The van der Waals surface area contributed by atoms with Crippen LogP contribution in [0.15, 0.2) is 90.2 Å². The Bertz CT molecular complexity index is 982. The van der Waals surface area contributed by atoms with Crippen molar-refractivity contribution in [3.05, 3.63) is 95.8 Å². The van der Waals surface area contributed by atoms with Gasteiger partial charge in [-0.25, -0.2) is 0 Å². The molecule has 120 valence electrons. The van der Waals surface area contributed by atoms with E-state index in [0.717, 1.165) is 22.5 Å². The second-order valence-electron chi connectivity index (χ2n) is 5.50. The fourth-order valence-electron chi connectivity index (χ4n) is 2.69. The molecule has 0 saturated carbocycles. The van der Waals surface area contributed by atoms with Crippen LogP contribution in [0.25, 0.3) is 28.1 Å². The van der Waals surface area contributed by atoms with Crippen molar-refractivity contribution in [1.29, 1.82) is 0 Å². The summed E-state index contributed by atoms with van der Waals surface area (Å²) in [5, 5.41) is 7.68. The lowest BCUT2D eigenvalue weighted by Crippen LogP contribution is -2.20. The van der Waals surface area contributed by atoms with E-state index in [0.29, 0.717) is 5.56 Å². The lowest BCUT2D eigenvalue weighted by atomic mass is 10.1. The molecule has 0 unspecified atom stereocenters. The molecule has 1 aromatic carbocycles. The van der Waals surface area contributed by atoms with Gasteiger partial charge in [-0.05, 0) is 36.4 Å². The molecule has 0 aliphatic heterocycles. The standard InChI is InChI=1S/C20H14N4O/c25-20-18(15-9-11-22-23-13-15)12-16(19-8-4-5-10-21-19)14-24(20)17-6-2-1-3-7-17/h1-14H. The van der Waals surface area contributed by atoms with Crippen LogP contribution in [0.1, 0.15) is 0 Å². The molecule has 0 radical (unpaired) electrons. The van der Waals surface area contributed by atoms with Gasteiger partial charge in [0.2, 0.25) is 0 Å². The zero-order chi connectivity index (χ0) is 17.1. The minimum Gasteiger partial charge on any atom is -0.283 e. The highest BCUT2D eigenvalue weighted by Gasteiger charge is 2.12. The molecular formula is C20H14N4O. The van der Waals surface area contributed by atoms with Gasteiger partial charge in [0.15, 0.2) is 0 Å². The fourth-order valence-corrected chi connectivity index (χ4v) is 2.69. The highest BCUT2D eigenvalue weighted by atomic mass is 16.1. The van der Waals surface area contributed by atoms with Crippen molar-refractivity contribution in [2.75, 3.05) is 0 Å². The van der Waals surface area contributed by atoms with Gasteiger partial charge in [-0.3, -0.25) is 14.3 Å². The van der Waals surface area contributed by atoms with E-state index in [-0.39, 0.29) is 5.56 Å². The third-order valence-corrected chi connectivity index (χ3v) is 3.91. The molecule has 0 amide bonds. The van der Waals surface area contributed by atoms with Crippen molar-refractivity contribution in [3.8, 4) is 28.1 Å². The molecule has 4 aromatic rings. The molecule has 0 spiro atoms. The minimum atomic E-state index is -0.112. The van der Waals surface area contributed by atoms with Gasteiger partial charge in [0, 0.05) is 34.8 Å². The summed E-state index contributed by atoms with van der Waals surface area (Å²) in [5.74, 6) is 0. The van der Waals surface area contributed by atoms with Crippen molar-refractivity contribution in [2.24, 2.45) is 0 Å². The topological polar surface area (TPSA) is 60.7 Å². The maximum Gasteiger partial charge on any atom is 0.263 e. The first kappa shape index (κ1) is 15.0. The summed E-state index contributed by atoms with van der Waals surface area (Å²) in [6.07, 6.45) is 6.72. The number of benzene rings is 1. The van der Waals surface area contributed by atoms with Crippen molar-refractivity contribution in [1.82, 2.24) is 19.7 Å². The first-order valence-electron chi connectivity index (χ1n) is 7.83. The van der Waals surface area contributed by atoms with Crippen molar-refractivity contribution >= 4 is 0 Å². The zero-order valence-electron chi connectivity index (χ0n) is 13.3. The SMILES string of the molecule is O=c1c(-c2ccnnc2)cc(-c2ccccn2)cn1-c1ccccc1. The zero-order valence-corrected chi connectivity index (χ0v) is 13.3. The van der Waals surface area contributed by atoms with E-state index in [1.54, 1.807) is 29.2 Å². The molecule has 4 rings (SSSR count). The molecule has 5 heteroatoms. The van der Waals surface area contributed by atoms with Gasteiger partial charge in [0.1, 0.15) is 0 Å². The lowest BCUT2D eigenvalue weighted by Gasteiger charge is -2.12. The van der Waals surface area contributed by atoms with Crippen molar-refractivity contribution < 1.29 is 0 Å². The molecule has 25 heavy (non-hydrogen) atoms. The number of nitrogens with zero attached hydrogens (tertiary/aromatic N) is 4. The van der Waals surface area contributed by atoms with E-state index in [1.165, 1.54) is 0 Å². The van der Waals surface area contributed by atoms with Crippen molar-refractivity contribution in [3.63, 3.8) is 0 Å². The van der Waals surface area contributed by atoms with Crippen LogP contribution in [0, 0.1) is 0 Å². The predicted octanol–water partition coefficient (Wildman–Crippen LogP) is 3.36. The molecule has 0 fully saturated rings. The number of rotatable bonds is 3. The quantitative estimate of drug-likeness (QED) is 0.579. The first-order valence-corrected chi connectivity index (χ1v) is 7.83. The number of aromatic nitrogens is 4. The van der Waals surface area contributed by atoms with E-state index in [9.17, 15) is 4.79 Å². The third-order valence-electron chi connectivity index (χ3n) is 3.91. The molecule has 0 saturated heterocycles. The summed E-state index contributed by atoms with van der Waals surface area (Å²) >= 11 is 0. The molecule has 3 aromatic heterocycles. The maximum absolute atomic E-state index is 13.0. The molecule has 0 aliphatic rings. The molecule has 0 aliphatic carbocycles. The van der Waals surface area contributed by atoms with Gasteiger partial charge >= 0.3 is 0 Å². The Balaban J connectivity index is 2.00. The van der Waals surface area contributed by atoms with Crippen LogP contribution in [0.3, 0.4) is 0 Å². The smallest absolute Gasteiger partial charge is 0.263 e. The van der Waals surface area contributed by atoms with Crippen molar-refractivity contribution in [2.45, 2.75) is 0 Å². The molecule has 5 nitrogen and oxygen atoms in total. The largest absolute Gasteiger partial charge is 0.283 e. The van der Waals surface area contributed by atoms with E-state index in [1.807, 2.05) is 60.8 Å². The van der Waals surface area contributed by atoms with E-state index in [2.05, 4.69) is 15.2 Å². The normalized spacial score (nSPS) is 10.6. The summed E-state index contributed by atoms with van der Waals surface area (Å²) in [4.78, 5) is 17.5. The highest BCUT2D eigenvalue weighted by Crippen LogP contribution is 2.23. The summed E-state index contributed by atoms with van der Waals surface area (Å²) in [6, 6.07) is 18.9. The Kier molecular flexibility index (Phi) is 3.88. The van der Waals surface area contributed by atoms with Gasteiger partial charge in [-0.15, -0.1) is 0 Å². The summed E-state index contributed by atoms with van der Waals surface area (Å²) < 4.78 is 1.64. The monoisotopic (exact) mass is 326 g/mol. The maximum atomic E-state index is 13.0. The average molecular weight is 326 g/mol. The Morgan fingerprint density at radius 2 is 1.64 bits per heavy atom. The third kappa shape index (κ3) is 2.95. The second-order valence-corrected chi connectivity index (χ2v) is 5.50. The Morgan fingerprint density at radius 1 is 0.800 bits per heavy atom. The van der Waals surface area contributed by atoms with Crippen LogP contribution in [0.2, 0.25) is 0 Å². The Morgan fingerprint density at radius 3 is 2.36 bits per heavy atom. The van der Waals surface area contributed by atoms with E-state index < -0.39 is 0 Å². The van der Waals surface area contributed by atoms with E-state index >= 15 is 0 Å². The number of pyridine rings is 2. The molecule has 0 bridgehead atoms. The molecule has 3 heterocycles. The van der Waals surface area contributed by atoms with Crippen LogP contribution < -0.4 is 5.56 Å². The van der Waals surface area contributed by atoms with Gasteiger partial charge in [0.05, 0.1) is 18.1 Å². The van der Waals surface area contributed by atoms with Gasteiger partial charge in [-0.2, -0.15) is 10.2 Å². The van der Waals surface area contributed by atoms with Crippen LogP contribution in [-0.4, -0.2) is 19.7 Å². The minimum absolute atomic E-state index is 0.112. The van der Waals surface area contributed by atoms with Crippen LogP contribution >= 0.6 is 0 Å². The van der Waals surface area contributed by atoms with Crippen LogP contribution in [0.4, 0.5) is 0 Å². The number of hydrogen-bond donors (Lipinski definition) is 0. The summed E-state index contributed by atoms with van der Waals surface area (Å²) in [5.41, 5.74) is 3.63. The Hall–Kier alpha value is -3.60. The molecule has 0 N–H and O–H groups in total. The second kappa shape index (κ2) is 6.49. The van der Waals surface area contributed by atoms with E-state index in [4.69, 9.17) is 0 Å². The van der Waals surface area contributed by atoms with Gasteiger partial charge < -0.3 is 0 Å².